The van der Waals surface area contributed by atoms with Gasteiger partial charge in [-0.2, -0.15) is 0 Å². The van der Waals surface area contributed by atoms with Crippen molar-refractivity contribution in [2.24, 2.45) is 0 Å². The first-order valence-electron chi connectivity index (χ1n) is 5.68. The van der Waals surface area contributed by atoms with Gasteiger partial charge in [-0.25, -0.2) is 4.79 Å². The van der Waals surface area contributed by atoms with Gasteiger partial charge in [0.2, 0.25) is 5.91 Å². The van der Waals surface area contributed by atoms with Crippen molar-refractivity contribution in [3.8, 4) is 0 Å². The summed E-state index contributed by atoms with van der Waals surface area (Å²) >= 11 is 0. The molecule has 1 atom stereocenters. The molecular formula is C11H20N2O4. The van der Waals surface area contributed by atoms with Gasteiger partial charge in [-0.05, 0) is 12.8 Å². The first-order valence-corrected chi connectivity index (χ1v) is 5.68. The van der Waals surface area contributed by atoms with Crippen LogP contribution in [-0.2, 0) is 19.1 Å². The highest BCUT2D eigenvalue weighted by molar-refractivity contribution is 5.83. The number of nitrogens with one attached hydrogen (secondary N) is 2. The van der Waals surface area contributed by atoms with Crippen LogP contribution in [0.15, 0.2) is 0 Å². The number of esters is 1. The van der Waals surface area contributed by atoms with Crippen LogP contribution in [-0.4, -0.2) is 50.8 Å². The molecule has 6 heteroatoms. The Morgan fingerprint density at radius 1 is 1.35 bits per heavy atom. The summed E-state index contributed by atoms with van der Waals surface area (Å²) in [5.41, 5.74) is 0. The molecule has 0 bridgehead atoms. The second-order valence-corrected chi connectivity index (χ2v) is 4.21. The molecule has 98 valence electrons. The van der Waals surface area contributed by atoms with E-state index in [2.05, 4.69) is 15.4 Å². The lowest BCUT2D eigenvalue weighted by molar-refractivity contribution is -0.144. The number of carbonyl (C=O) groups excluding carboxylic acids is 2. The summed E-state index contributed by atoms with van der Waals surface area (Å²) in [4.78, 5) is 22.3. The van der Waals surface area contributed by atoms with Gasteiger partial charge < -0.3 is 20.1 Å². The molecule has 2 N–H and O–H groups in total. The minimum Gasteiger partial charge on any atom is -0.467 e. The van der Waals surface area contributed by atoms with Gasteiger partial charge in [0.25, 0.3) is 0 Å². The lowest BCUT2D eigenvalue weighted by atomic mass is 9.89. The zero-order chi connectivity index (χ0) is 12.8. The highest BCUT2D eigenvalue weighted by Crippen LogP contribution is 2.22. The number of amides is 1. The van der Waals surface area contributed by atoms with Gasteiger partial charge in [0, 0.05) is 26.6 Å². The Hall–Kier alpha value is -1.14. The van der Waals surface area contributed by atoms with E-state index in [4.69, 9.17) is 4.74 Å². The van der Waals surface area contributed by atoms with Crippen LogP contribution in [0, 0.1) is 0 Å². The molecule has 1 amide bonds. The highest BCUT2D eigenvalue weighted by Gasteiger charge is 2.30. The topological polar surface area (TPSA) is 76.7 Å². The minimum atomic E-state index is -0.626. The lowest BCUT2D eigenvalue weighted by Crippen LogP contribution is -2.53. The molecule has 1 aliphatic carbocycles. The predicted molar refractivity (Wildman–Crippen MR) is 61.4 cm³/mol. The van der Waals surface area contributed by atoms with E-state index in [9.17, 15) is 9.59 Å². The number of rotatable bonds is 6. The molecule has 17 heavy (non-hydrogen) atoms. The Labute approximate surface area is 101 Å². The SMILES string of the molecule is COC(=O)C(CNC1CC(OC)C1)NC(C)=O. The van der Waals surface area contributed by atoms with Gasteiger partial charge in [-0.1, -0.05) is 0 Å². The average molecular weight is 244 g/mol. The maximum absolute atomic E-state index is 11.4. The van der Waals surface area contributed by atoms with E-state index in [-0.39, 0.29) is 5.91 Å². The molecule has 1 aliphatic rings. The van der Waals surface area contributed by atoms with Crippen molar-refractivity contribution in [1.29, 1.82) is 0 Å². The molecule has 1 fully saturated rings. The summed E-state index contributed by atoms with van der Waals surface area (Å²) in [6.45, 7) is 1.76. The molecule has 1 unspecified atom stereocenters. The van der Waals surface area contributed by atoms with E-state index in [1.165, 1.54) is 14.0 Å². The second-order valence-electron chi connectivity index (χ2n) is 4.21. The Balaban J connectivity index is 2.29. The molecule has 0 radical (unpaired) electrons. The fourth-order valence-electron chi connectivity index (χ4n) is 1.79. The molecule has 6 nitrogen and oxygen atoms in total. The molecule has 0 aromatic rings. The third-order valence-corrected chi connectivity index (χ3v) is 2.90. The van der Waals surface area contributed by atoms with Crippen molar-refractivity contribution in [3.05, 3.63) is 0 Å². The van der Waals surface area contributed by atoms with Crippen LogP contribution in [0.1, 0.15) is 19.8 Å². The largest absolute Gasteiger partial charge is 0.467 e. The maximum atomic E-state index is 11.4. The van der Waals surface area contributed by atoms with Crippen LogP contribution in [0.5, 0.6) is 0 Å². The average Bonchev–Trinajstić information content (AvgIpc) is 2.24. The van der Waals surface area contributed by atoms with Crippen molar-refractivity contribution in [3.63, 3.8) is 0 Å². The Kier molecular flexibility index (Phi) is 5.37. The van der Waals surface area contributed by atoms with Crippen LogP contribution in [0.3, 0.4) is 0 Å². The Morgan fingerprint density at radius 3 is 2.47 bits per heavy atom. The van der Waals surface area contributed by atoms with Crippen LogP contribution in [0.25, 0.3) is 0 Å². The van der Waals surface area contributed by atoms with Gasteiger partial charge in [0.15, 0.2) is 0 Å². The summed E-state index contributed by atoms with van der Waals surface area (Å²) in [5.74, 6) is -0.680. The quantitative estimate of drug-likeness (QED) is 0.612. The van der Waals surface area contributed by atoms with E-state index in [0.29, 0.717) is 18.7 Å². The van der Waals surface area contributed by atoms with Crippen LogP contribution < -0.4 is 10.6 Å². The second kappa shape index (κ2) is 6.56. The van der Waals surface area contributed by atoms with Gasteiger partial charge in [0.05, 0.1) is 13.2 Å². The molecule has 0 aromatic carbocycles. The van der Waals surface area contributed by atoms with Crippen LogP contribution in [0.4, 0.5) is 0 Å². The van der Waals surface area contributed by atoms with Gasteiger partial charge in [-0.15, -0.1) is 0 Å². The third kappa shape index (κ3) is 4.32. The van der Waals surface area contributed by atoms with Crippen LogP contribution in [0.2, 0.25) is 0 Å². The number of hydrogen-bond donors (Lipinski definition) is 2. The van der Waals surface area contributed by atoms with Gasteiger partial charge in [-0.3, -0.25) is 4.79 Å². The zero-order valence-electron chi connectivity index (χ0n) is 10.5. The Bertz CT molecular complexity index is 277. The number of carbonyl (C=O) groups is 2. The van der Waals surface area contributed by atoms with Crippen molar-refractivity contribution in [2.45, 2.75) is 38.0 Å². The lowest BCUT2D eigenvalue weighted by Gasteiger charge is -2.35. The summed E-state index contributed by atoms with van der Waals surface area (Å²) in [7, 11) is 3.00. The number of hydrogen-bond acceptors (Lipinski definition) is 5. The number of ether oxygens (including phenoxy) is 2. The molecule has 0 aliphatic heterocycles. The van der Waals surface area contributed by atoms with Crippen molar-refractivity contribution >= 4 is 11.9 Å². The molecular weight excluding hydrogens is 224 g/mol. The van der Waals surface area contributed by atoms with Crippen molar-refractivity contribution < 1.29 is 19.1 Å². The summed E-state index contributed by atoms with van der Waals surface area (Å²) in [5, 5.41) is 5.76. The zero-order valence-corrected chi connectivity index (χ0v) is 10.5. The van der Waals surface area contributed by atoms with E-state index in [1.807, 2.05) is 0 Å². The van der Waals surface area contributed by atoms with E-state index >= 15 is 0 Å². The molecule has 0 heterocycles. The first-order chi connectivity index (χ1) is 8.06. The first kappa shape index (κ1) is 13.9. The standard InChI is InChI=1S/C11H20N2O4/c1-7(14)13-10(11(15)17-3)6-12-8-4-9(5-8)16-2/h8-10,12H,4-6H2,1-3H3,(H,13,14). The molecule has 1 saturated carbocycles. The van der Waals surface area contributed by atoms with E-state index in [0.717, 1.165) is 12.8 Å². The normalized spacial score (nSPS) is 24.6. The fraction of sp³-hybridized carbons (Fsp3) is 0.818. The predicted octanol–water partition coefficient (Wildman–Crippen LogP) is -0.569. The summed E-state index contributed by atoms with van der Waals surface area (Å²) in [6.07, 6.45) is 2.18. The van der Waals surface area contributed by atoms with Crippen molar-refractivity contribution in [1.82, 2.24) is 10.6 Å². The molecule has 0 spiro atoms. The molecule has 0 aromatic heterocycles. The third-order valence-electron chi connectivity index (χ3n) is 2.90. The molecule has 1 rings (SSSR count). The number of methoxy groups -OCH3 is 2. The highest BCUT2D eigenvalue weighted by atomic mass is 16.5. The van der Waals surface area contributed by atoms with E-state index in [1.54, 1.807) is 7.11 Å². The summed E-state index contributed by atoms with van der Waals surface area (Å²) < 4.78 is 9.78. The van der Waals surface area contributed by atoms with E-state index < -0.39 is 12.0 Å². The fourth-order valence-corrected chi connectivity index (χ4v) is 1.79. The van der Waals surface area contributed by atoms with Crippen LogP contribution >= 0.6 is 0 Å². The van der Waals surface area contributed by atoms with Gasteiger partial charge >= 0.3 is 5.97 Å². The molecule has 0 saturated heterocycles. The van der Waals surface area contributed by atoms with Gasteiger partial charge in [0.1, 0.15) is 6.04 Å². The van der Waals surface area contributed by atoms with Crippen molar-refractivity contribution in [2.75, 3.05) is 20.8 Å². The summed E-state index contributed by atoms with van der Waals surface area (Å²) in [6, 6.07) is -0.278. The smallest absolute Gasteiger partial charge is 0.329 e. The monoisotopic (exact) mass is 244 g/mol. The Morgan fingerprint density at radius 2 is 2.00 bits per heavy atom. The minimum absolute atomic E-state index is 0.245. The maximum Gasteiger partial charge on any atom is 0.329 e.